The first-order valence-electron chi connectivity index (χ1n) is 8.53. The van der Waals surface area contributed by atoms with Gasteiger partial charge in [-0.1, -0.05) is 36.4 Å². The number of nitrogens with zero attached hydrogens (tertiary/aromatic N) is 3. The number of rotatable bonds is 4. The summed E-state index contributed by atoms with van der Waals surface area (Å²) in [5, 5.41) is 13.7. The van der Waals surface area contributed by atoms with E-state index in [0.717, 1.165) is 22.4 Å². The molecule has 1 aromatic heterocycles. The van der Waals surface area contributed by atoms with Gasteiger partial charge in [0.15, 0.2) is 0 Å². The van der Waals surface area contributed by atoms with Crippen molar-refractivity contribution in [1.29, 1.82) is 0 Å². The fourth-order valence-electron chi connectivity index (χ4n) is 3.25. The second-order valence-corrected chi connectivity index (χ2v) is 6.50. The number of hydrogen-bond donors (Lipinski definition) is 2. The summed E-state index contributed by atoms with van der Waals surface area (Å²) in [5.41, 5.74) is 11.2. The number of aliphatic hydroxyl groups is 1. The first-order valence-corrected chi connectivity index (χ1v) is 8.53. The number of carbonyl (C=O) groups is 1. The van der Waals surface area contributed by atoms with Gasteiger partial charge in [0.25, 0.3) is 0 Å². The number of aliphatic hydroxyl groups excluding tert-OH is 1. The van der Waals surface area contributed by atoms with Gasteiger partial charge in [-0.15, -0.1) is 0 Å². The third kappa shape index (κ3) is 3.07. The van der Waals surface area contributed by atoms with Gasteiger partial charge < -0.3 is 15.7 Å². The summed E-state index contributed by atoms with van der Waals surface area (Å²) in [6, 6.07) is 15.5. The minimum absolute atomic E-state index is 0.00300. The van der Waals surface area contributed by atoms with E-state index in [1.54, 1.807) is 15.8 Å². The van der Waals surface area contributed by atoms with Crippen molar-refractivity contribution in [2.75, 3.05) is 5.73 Å². The largest absolute Gasteiger partial charge is 0.396 e. The molecule has 0 saturated heterocycles. The van der Waals surface area contributed by atoms with Crippen molar-refractivity contribution < 1.29 is 9.90 Å². The van der Waals surface area contributed by atoms with Crippen LogP contribution >= 0.6 is 0 Å². The Balaban J connectivity index is 1.48. The van der Waals surface area contributed by atoms with E-state index >= 15 is 0 Å². The highest BCUT2D eigenvalue weighted by molar-refractivity contribution is 5.80. The van der Waals surface area contributed by atoms with E-state index in [4.69, 9.17) is 5.73 Å². The fourth-order valence-corrected chi connectivity index (χ4v) is 3.25. The molecule has 2 heterocycles. The van der Waals surface area contributed by atoms with Crippen LogP contribution in [-0.2, 0) is 30.9 Å². The summed E-state index contributed by atoms with van der Waals surface area (Å²) in [4.78, 5) is 14.5. The maximum Gasteiger partial charge on any atom is 0.229 e. The van der Waals surface area contributed by atoms with Gasteiger partial charge in [-0.3, -0.25) is 4.79 Å². The lowest BCUT2D eigenvalue weighted by Gasteiger charge is -2.14. The van der Waals surface area contributed by atoms with Gasteiger partial charge in [-0.25, -0.2) is 4.68 Å². The molecule has 0 bridgehead atoms. The molecule has 0 radical (unpaired) electrons. The second-order valence-electron chi connectivity index (χ2n) is 6.50. The number of nitrogens with two attached hydrogens (primary N) is 1. The van der Waals surface area contributed by atoms with Gasteiger partial charge >= 0.3 is 0 Å². The number of aromatic nitrogens is 2. The Morgan fingerprint density at radius 2 is 1.88 bits per heavy atom. The average Bonchev–Trinajstić information content (AvgIpc) is 3.25. The summed E-state index contributed by atoms with van der Waals surface area (Å²) in [6.45, 7) is 1.15. The lowest BCUT2D eigenvalue weighted by molar-refractivity contribution is -0.131. The van der Waals surface area contributed by atoms with E-state index < -0.39 is 0 Å². The molecule has 1 aliphatic heterocycles. The first-order chi connectivity index (χ1) is 12.6. The second kappa shape index (κ2) is 6.65. The number of hydrogen-bond acceptors (Lipinski definition) is 4. The van der Waals surface area contributed by atoms with Crippen LogP contribution in [0.15, 0.2) is 54.7 Å². The lowest BCUT2D eigenvalue weighted by Crippen LogP contribution is -2.27. The fraction of sp³-hybridized carbons (Fsp3) is 0.200. The molecule has 132 valence electrons. The molecule has 0 aliphatic carbocycles. The van der Waals surface area contributed by atoms with Gasteiger partial charge in [-0.05, 0) is 28.8 Å². The van der Waals surface area contributed by atoms with Crippen LogP contribution in [0.5, 0.6) is 0 Å². The zero-order chi connectivity index (χ0) is 18.1. The highest BCUT2D eigenvalue weighted by Gasteiger charge is 2.24. The highest BCUT2D eigenvalue weighted by atomic mass is 16.3. The van der Waals surface area contributed by atoms with E-state index in [0.29, 0.717) is 24.5 Å². The van der Waals surface area contributed by atoms with Gasteiger partial charge in [0, 0.05) is 13.1 Å². The number of amides is 1. The standard InChI is InChI=1S/C20H20N4O2/c21-18-12-24(17-4-2-1-3-5-17)22-19(18)9-20(26)23-10-15-7-6-14(13-25)8-16(15)11-23/h1-8,12,25H,9-11,13,21H2. The van der Waals surface area contributed by atoms with E-state index in [1.807, 2.05) is 48.5 Å². The Labute approximate surface area is 151 Å². The van der Waals surface area contributed by atoms with Gasteiger partial charge in [0.1, 0.15) is 0 Å². The summed E-state index contributed by atoms with van der Waals surface area (Å²) in [6.07, 6.45) is 1.91. The SMILES string of the molecule is Nc1cn(-c2ccccc2)nc1CC(=O)N1Cc2ccc(CO)cc2C1. The summed E-state index contributed by atoms with van der Waals surface area (Å²) < 4.78 is 1.70. The third-order valence-electron chi connectivity index (χ3n) is 4.69. The van der Waals surface area contributed by atoms with Crippen molar-refractivity contribution in [2.45, 2.75) is 26.1 Å². The van der Waals surface area contributed by atoms with Crippen LogP contribution in [0.4, 0.5) is 5.69 Å². The molecule has 4 rings (SSSR count). The van der Waals surface area contributed by atoms with Crippen LogP contribution in [0.1, 0.15) is 22.4 Å². The van der Waals surface area contributed by atoms with Gasteiger partial charge in [0.2, 0.25) is 5.91 Å². The summed E-state index contributed by atoms with van der Waals surface area (Å²) in [5.74, 6) is -0.00300. The minimum atomic E-state index is -0.00300. The van der Waals surface area contributed by atoms with E-state index in [2.05, 4.69) is 5.10 Å². The Hall–Kier alpha value is -3.12. The maximum absolute atomic E-state index is 12.7. The van der Waals surface area contributed by atoms with Crippen LogP contribution in [0.2, 0.25) is 0 Å². The molecule has 6 heteroatoms. The van der Waals surface area contributed by atoms with Crippen molar-refractivity contribution in [3.63, 3.8) is 0 Å². The topological polar surface area (TPSA) is 84.4 Å². The van der Waals surface area contributed by atoms with E-state index in [9.17, 15) is 9.90 Å². The number of carbonyl (C=O) groups excluding carboxylic acids is 1. The number of para-hydroxylation sites is 1. The molecule has 0 fully saturated rings. The Morgan fingerprint density at radius 1 is 1.12 bits per heavy atom. The molecule has 3 N–H and O–H groups in total. The maximum atomic E-state index is 12.7. The lowest BCUT2D eigenvalue weighted by atomic mass is 10.1. The molecule has 2 aromatic carbocycles. The van der Waals surface area contributed by atoms with Crippen LogP contribution < -0.4 is 5.73 Å². The van der Waals surface area contributed by atoms with Crippen LogP contribution in [0.3, 0.4) is 0 Å². The average molecular weight is 348 g/mol. The Kier molecular flexibility index (Phi) is 4.18. The molecule has 3 aromatic rings. The summed E-state index contributed by atoms with van der Waals surface area (Å²) >= 11 is 0. The number of nitrogen functional groups attached to an aromatic ring is 1. The molecule has 1 aliphatic rings. The quantitative estimate of drug-likeness (QED) is 0.756. The Bertz CT molecular complexity index is 950. The monoisotopic (exact) mass is 348 g/mol. The minimum Gasteiger partial charge on any atom is -0.396 e. The zero-order valence-corrected chi connectivity index (χ0v) is 14.3. The van der Waals surface area contributed by atoms with Gasteiger partial charge in [0.05, 0.1) is 36.3 Å². The van der Waals surface area contributed by atoms with Crippen LogP contribution in [0.25, 0.3) is 5.69 Å². The van der Waals surface area contributed by atoms with E-state index in [-0.39, 0.29) is 18.9 Å². The Morgan fingerprint density at radius 3 is 2.65 bits per heavy atom. The van der Waals surface area contributed by atoms with Crippen molar-refractivity contribution in [3.05, 3.63) is 77.1 Å². The van der Waals surface area contributed by atoms with Crippen LogP contribution in [-0.4, -0.2) is 25.7 Å². The predicted molar refractivity (Wildman–Crippen MR) is 98.3 cm³/mol. The third-order valence-corrected chi connectivity index (χ3v) is 4.69. The molecule has 0 atom stereocenters. The van der Waals surface area contributed by atoms with Crippen molar-refractivity contribution >= 4 is 11.6 Å². The molecule has 0 unspecified atom stereocenters. The molecule has 6 nitrogen and oxygen atoms in total. The number of fused-ring (bicyclic) bond motifs is 1. The smallest absolute Gasteiger partial charge is 0.229 e. The first kappa shape index (κ1) is 16.4. The van der Waals surface area contributed by atoms with Crippen LogP contribution in [0, 0.1) is 0 Å². The molecular weight excluding hydrogens is 328 g/mol. The normalized spacial score (nSPS) is 13.0. The number of benzene rings is 2. The molecule has 0 spiro atoms. The van der Waals surface area contributed by atoms with E-state index in [1.165, 1.54) is 0 Å². The molecular formula is C20H20N4O2. The number of anilines is 1. The molecule has 1 amide bonds. The van der Waals surface area contributed by atoms with Gasteiger partial charge in [-0.2, -0.15) is 5.10 Å². The van der Waals surface area contributed by atoms with Crippen molar-refractivity contribution in [2.24, 2.45) is 0 Å². The summed E-state index contributed by atoms with van der Waals surface area (Å²) in [7, 11) is 0. The molecule has 26 heavy (non-hydrogen) atoms. The molecule has 0 saturated carbocycles. The highest BCUT2D eigenvalue weighted by Crippen LogP contribution is 2.25. The van der Waals surface area contributed by atoms with Crippen molar-refractivity contribution in [1.82, 2.24) is 14.7 Å². The predicted octanol–water partition coefficient (Wildman–Crippen LogP) is 2.03. The zero-order valence-electron chi connectivity index (χ0n) is 14.3. The van der Waals surface area contributed by atoms with Crippen molar-refractivity contribution in [3.8, 4) is 5.69 Å².